The van der Waals surface area contributed by atoms with Gasteiger partial charge in [-0.3, -0.25) is 10.1 Å². The Balaban J connectivity index is 2.40. The molecule has 0 N–H and O–H groups in total. The first kappa shape index (κ1) is 12.6. The summed E-state index contributed by atoms with van der Waals surface area (Å²) in [5, 5.41) is 19.7. The third kappa shape index (κ3) is 2.87. The van der Waals surface area contributed by atoms with Crippen molar-refractivity contribution in [3.05, 3.63) is 63.7 Å². The van der Waals surface area contributed by atoms with Crippen molar-refractivity contribution in [1.82, 2.24) is 0 Å². The maximum absolute atomic E-state index is 11.0. The molecule has 5 nitrogen and oxygen atoms in total. The number of nitriles is 1. The number of nitrogens with zero attached hydrogens (tertiary/aromatic N) is 2. The monoisotopic (exact) mass is 254 g/mol. The average molecular weight is 254 g/mol. The van der Waals surface area contributed by atoms with Gasteiger partial charge in [-0.1, -0.05) is 12.1 Å². The standard InChI is InChI=1S/C14H10N2O3/c1-10-3-2-4-12(7-10)19-14-6-5-11(9-15)8-13(14)16(17)18/h2-8H,1H3. The van der Waals surface area contributed by atoms with E-state index in [0.717, 1.165) is 5.56 Å². The molecule has 5 heteroatoms. The molecule has 0 saturated carbocycles. The van der Waals surface area contributed by atoms with E-state index in [1.165, 1.54) is 18.2 Å². The van der Waals surface area contributed by atoms with E-state index in [9.17, 15) is 10.1 Å². The van der Waals surface area contributed by atoms with Crippen LogP contribution in [0.4, 0.5) is 5.69 Å². The quantitative estimate of drug-likeness (QED) is 0.619. The van der Waals surface area contributed by atoms with Gasteiger partial charge in [0.15, 0.2) is 0 Å². The number of aryl methyl sites for hydroxylation is 1. The van der Waals surface area contributed by atoms with E-state index < -0.39 is 4.92 Å². The number of benzene rings is 2. The fourth-order valence-corrected chi connectivity index (χ4v) is 1.62. The highest BCUT2D eigenvalue weighted by atomic mass is 16.6. The highest BCUT2D eigenvalue weighted by molar-refractivity contribution is 5.53. The van der Waals surface area contributed by atoms with Crippen LogP contribution in [0.3, 0.4) is 0 Å². The van der Waals surface area contributed by atoms with Crippen LogP contribution in [0.2, 0.25) is 0 Å². The summed E-state index contributed by atoms with van der Waals surface area (Å²) in [5.41, 5.74) is 0.998. The number of nitro benzene ring substituents is 1. The van der Waals surface area contributed by atoms with Crippen molar-refractivity contribution < 1.29 is 9.66 Å². The highest BCUT2D eigenvalue weighted by Crippen LogP contribution is 2.32. The van der Waals surface area contributed by atoms with Gasteiger partial charge in [0, 0.05) is 6.07 Å². The molecular formula is C14H10N2O3. The van der Waals surface area contributed by atoms with E-state index in [1.807, 2.05) is 19.1 Å². The van der Waals surface area contributed by atoms with Crippen molar-refractivity contribution >= 4 is 5.69 Å². The van der Waals surface area contributed by atoms with Crippen molar-refractivity contribution in [2.75, 3.05) is 0 Å². The summed E-state index contributed by atoms with van der Waals surface area (Å²) in [7, 11) is 0. The lowest BCUT2D eigenvalue weighted by Crippen LogP contribution is -1.94. The predicted molar refractivity (Wildman–Crippen MR) is 69.1 cm³/mol. The second kappa shape index (κ2) is 5.19. The molecule has 0 saturated heterocycles. The minimum absolute atomic E-state index is 0.120. The van der Waals surface area contributed by atoms with E-state index in [-0.39, 0.29) is 17.0 Å². The van der Waals surface area contributed by atoms with Crippen molar-refractivity contribution in [2.24, 2.45) is 0 Å². The Bertz CT molecular complexity index is 675. The molecule has 0 aliphatic heterocycles. The van der Waals surface area contributed by atoms with Crippen LogP contribution in [0.1, 0.15) is 11.1 Å². The summed E-state index contributed by atoms with van der Waals surface area (Å²) in [5.74, 6) is 0.641. The molecule has 0 amide bonds. The third-order valence-corrected chi connectivity index (χ3v) is 2.50. The van der Waals surface area contributed by atoms with E-state index in [1.54, 1.807) is 18.2 Å². The first-order chi connectivity index (χ1) is 9.10. The zero-order valence-corrected chi connectivity index (χ0v) is 10.2. The van der Waals surface area contributed by atoms with Gasteiger partial charge in [0.1, 0.15) is 5.75 Å². The van der Waals surface area contributed by atoms with Crippen molar-refractivity contribution in [3.63, 3.8) is 0 Å². The molecular weight excluding hydrogens is 244 g/mol. The summed E-state index contributed by atoms with van der Waals surface area (Å²) in [6.45, 7) is 1.90. The number of hydrogen-bond donors (Lipinski definition) is 0. The zero-order chi connectivity index (χ0) is 13.8. The van der Waals surface area contributed by atoms with Gasteiger partial charge < -0.3 is 4.74 Å². The molecule has 0 fully saturated rings. The molecule has 0 heterocycles. The summed E-state index contributed by atoms with van der Waals surface area (Å²) < 4.78 is 5.50. The molecule has 19 heavy (non-hydrogen) atoms. The lowest BCUT2D eigenvalue weighted by atomic mass is 10.2. The van der Waals surface area contributed by atoms with Gasteiger partial charge in [-0.25, -0.2) is 0 Å². The van der Waals surface area contributed by atoms with Gasteiger partial charge in [0.2, 0.25) is 5.75 Å². The van der Waals surface area contributed by atoms with E-state index in [2.05, 4.69) is 0 Å². The topological polar surface area (TPSA) is 76.2 Å². The molecule has 0 aliphatic rings. The predicted octanol–water partition coefficient (Wildman–Crippen LogP) is 3.57. The third-order valence-electron chi connectivity index (χ3n) is 2.50. The van der Waals surface area contributed by atoms with E-state index >= 15 is 0 Å². The molecule has 0 atom stereocenters. The molecule has 2 aromatic carbocycles. The van der Waals surface area contributed by atoms with Crippen LogP contribution in [0.5, 0.6) is 11.5 Å². The minimum Gasteiger partial charge on any atom is -0.450 e. The lowest BCUT2D eigenvalue weighted by Gasteiger charge is -2.07. The SMILES string of the molecule is Cc1cccc(Oc2ccc(C#N)cc2[N+](=O)[O-])c1. The largest absolute Gasteiger partial charge is 0.450 e. The molecule has 0 aliphatic carbocycles. The number of hydrogen-bond acceptors (Lipinski definition) is 4. The Morgan fingerprint density at radius 3 is 2.68 bits per heavy atom. The van der Waals surface area contributed by atoms with Crippen LogP contribution < -0.4 is 4.74 Å². The van der Waals surface area contributed by atoms with E-state index in [4.69, 9.17) is 10.00 Å². The molecule has 0 spiro atoms. The summed E-state index contributed by atoms with van der Waals surface area (Å²) in [6.07, 6.45) is 0. The van der Waals surface area contributed by atoms with Crippen LogP contribution in [-0.4, -0.2) is 4.92 Å². The van der Waals surface area contributed by atoms with Gasteiger partial charge >= 0.3 is 5.69 Å². The van der Waals surface area contributed by atoms with Crippen molar-refractivity contribution in [2.45, 2.75) is 6.92 Å². The van der Waals surface area contributed by atoms with Gasteiger partial charge in [-0.2, -0.15) is 5.26 Å². The van der Waals surface area contributed by atoms with Crippen molar-refractivity contribution in [1.29, 1.82) is 5.26 Å². The molecule has 2 rings (SSSR count). The van der Waals surface area contributed by atoms with Gasteiger partial charge in [-0.15, -0.1) is 0 Å². The molecule has 0 bridgehead atoms. The average Bonchev–Trinajstić information content (AvgIpc) is 2.39. The normalized spacial score (nSPS) is 9.68. The van der Waals surface area contributed by atoms with Crippen LogP contribution in [-0.2, 0) is 0 Å². The summed E-state index contributed by atoms with van der Waals surface area (Å²) in [4.78, 5) is 10.4. The van der Waals surface area contributed by atoms with Crippen molar-refractivity contribution in [3.8, 4) is 17.6 Å². The van der Waals surface area contributed by atoms with Crippen LogP contribution >= 0.6 is 0 Å². The van der Waals surface area contributed by atoms with E-state index in [0.29, 0.717) is 5.75 Å². The second-order valence-electron chi connectivity index (χ2n) is 3.97. The molecule has 94 valence electrons. The smallest absolute Gasteiger partial charge is 0.312 e. The first-order valence-corrected chi connectivity index (χ1v) is 5.53. The molecule has 0 radical (unpaired) electrons. The molecule has 2 aromatic rings. The Labute approximate surface area is 109 Å². The number of nitro groups is 1. The first-order valence-electron chi connectivity index (χ1n) is 5.53. The Morgan fingerprint density at radius 1 is 1.26 bits per heavy atom. The van der Waals surface area contributed by atoms with Gasteiger partial charge in [0.25, 0.3) is 0 Å². The van der Waals surface area contributed by atoms with Crippen LogP contribution in [0.25, 0.3) is 0 Å². The van der Waals surface area contributed by atoms with Gasteiger partial charge in [0.05, 0.1) is 16.6 Å². The fraction of sp³-hybridized carbons (Fsp3) is 0.0714. The van der Waals surface area contributed by atoms with Gasteiger partial charge in [-0.05, 0) is 36.8 Å². The maximum Gasteiger partial charge on any atom is 0.312 e. The summed E-state index contributed by atoms with van der Waals surface area (Å²) >= 11 is 0. The van der Waals surface area contributed by atoms with Crippen LogP contribution in [0, 0.1) is 28.4 Å². The summed E-state index contributed by atoms with van der Waals surface area (Å²) in [6, 6.07) is 13.2. The second-order valence-corrected chi connectivity index (χ2v) is 3.97. The number of ether oxygens (including phenoxy) is 1. The minimum atomic E-state index is -0.564. The molecule has 0 unspecified atom stereocenters. The maximum atomic E-state index is 11.0. The number of rotatable bonds is 3. The fourth-order valence-electron chi connectivity index (χ4n) is 1.62. The Morgan fingerprint density at radius 2 is 2.05 bits per heavy atom. The highest BCUT2D eigenvalue weighted by Gasteiger charge is 2.16. The zero-order valence-electron chi connectivity index (χ0n) is 10.2. The van der Waals surface area contributed by atoms with Crippen LogP contribution in [0.15, 0.2) is 42.5 Å². The molecule has 0 aromatic heterocycles. The Kier molecular flexibility index (Phi) is 3.44. The lowest BCUT2D eigenvalue weighted by molar-refractivity contribution is -0.385. The Hall–Kier alpha value is -2.87.